The molecule has 1 atom stereocenters. The number of fused-ring (bicyclic) bond motifs is 1. The van der Waals surface area contributed by atoms with Gasteiger partial charge in [-0.2, -0.15) is 0 Å². The highest BCUT2D eigenvalue weighted by atomic mass is 32.2. The molecule has 0 unspecified atom stereocenters. The highest BCUT2D eigenvalue weighted by Crippen LogP contribution is 2.37. The van der Waals surface area contributed by atoms with E-state index in [2.05, 4.69) is 10.2 Å². The summed E-state index contributed by atoms with van der Waals surface area (Å²) >= 11 is 1.36. The number of hydrogen-bond donors (Lipinski definition) is 2. The largest absolute Gasteiger partial charge is 0.537 e. The van der Waals surface area contributed by atoms with Crippen molar-refractivity contribution in [1.29, 1.82) is 0 Å². The Bertz CT molecular complexity index is 752. The number of aromatic carboxylic acids is 1. The molecule has 2 heterocycles. The highest BCUT2D eigenvalue weighted by molar-refractivity contribution is 8.01. The van der Waals surface area contributed by atoms with Crippen molar-refractivity contribution < 1.29 is 19.6 Å². The fraction of sp³-hybridized carbons (Fsp3) is 0.357. The van der Waals surface area contributed by atoms with Crippen molar-refractivity contribution in [2.45, 2.75) is 30.1 Å². The summed E-state index contributed by atoms with van der Waals surface area (Å²) in [6.45, 7) is 1.89. The molecule has 1 aromatic carbocycles. The number of rotatable bonds is 4. The van der Waals surface area contributed by atoms with E-state index in [9.17, 15) is 14.9 Å². The summed E-state index contributed by atoms with van der Waals surface area (Å²) in [4.78, 5) is 11.6. The number of carboxylic acid groups (broad SMARTS) is 1. The van der Waals surface area contributed by atoms with E-state index in [0.29, 0.717) is 23.6 Å². The summed E-state index contributed by atoms with van der Waals surface area (Å²) in [5, 5.41) is 27.9. The van der Waals surface area contributed by atoms with Crippen molar-refractivity contribution in [3.05, 3.63) is 35.2 Å². The van der Waals surface area contributed by atoms with E-state index in [-0.39, 0.29) is 16.5 Å². The van der Waals surface area contributed by atoms with Crippen molar-refractivity contribution in [2.75, 3.05) is 0 Å². The average molecular weight is 333 g/mol. The second kappa shape index (κ2) is 6.25. The van der Waals surface area contributed by atoms with Gasteiger partial charge >= 0.3 is 13.1 Å². The first-order valence-electron chi connectivity index (χ1n) is 7.24. The maximum absolute atomic E-state index is 11.6. The molecule has 0 saturated carbocycles. The summed E-state index contributed by atoms with van der Waals surface area (Å²) in [5.74, 6) is -0.760. The molecule has 7 nitrogen and oxygen atoms in total. The molecule has 0 fully saturated rings. The van der Waals surface area contributed by atoms with Gasteiger partial charge in [-0.1, -0.05) is 30.8 Å². The number of nitrogens with zero attached hydrogens (tertiary/aromatic N) is 3. The summed E-state index contributed by atoms with van der Waals surface area (Å²) in [6.07, 6.45) is 2.67. The maximum atomic E-state index is 11.6. The molecule has 2 aromatic rings. The predicted octanol–water partition coefficient (Wildman–Crippen LogP) is 1.19. The fourth-order valence-electron chi connectivity index (χ4n) is 2.62. The van der Waals surface area contributed by atoms with Crippen LogP contribution in [0.4, 0.5) is 0 Å². The van der Waals surface area contributed by atoms with Gasteiger partial charge in [-0.05, 0) is 24.0 Å². The number of aromatic nitrogens is 3. The van der Waals surface area contributed by atoms with Crippen LogP contribution in [0.5, 0.6) is 5.75 Å². The van der Waals surface area contributed by atoms with Gasteiger partial charge in [0.25, 0.3) is 0 Å². The molecule has 1 aliphatic heterocycles. The fourth-order valence-corrected chi connectivity index (χ4v) is 3.63. The van der Waals surface area contributed by atoms with E-state index in [1.165, 1.54) is 11.8 Å². The molecule has 0 aliphatic carbocycles. The van der Waals surface area contributed by atoms with E-state index in [1.807, 2.05) is 26.1 Å². The zero-order valence-electron chi connectivity index (χ0n) is 12.8. The van der Waals surface area contributed by atoms with Crippen LogP contribution in [0.3, 0.4) is 0 Å². The summed E-state index contributed by atoms with van der Waals surface area (Å²) < 4.78 is 7.32. The third-order valence-corrected chi connectivity index (χ3v) is 5.11. The maximum Gasteiger partial charge on any atom is 0.537 e. The molecule has 1 aliphatic rings. The van der Waals surface area contributed by atoms with E-state index in [0.717, 1.165) is 5.56 Å². The van der Waals surface area contributed by atoms with E-state index in [1.54, 1.807) is 10.9 Å². The number of benzene rings is 1. The lowest BCUT2D eigenvalue weighted by Gasteiger charge is -2.28. The van der Waals surface area contributed by atoms with Crippen molar-refractivity contribution in [2.24, 2.45) is 7.05 Å². The third-order valence-electron chi connectivity index (χ3n) is 3.82. The standard InChI is InChI=1S/C14H16BN3O4S/c1-3-8-4-5-9-6-10(23-14-17-16-7-18(14)2)15(21)22-12(9)11(8)13(19)20/h4-5,7,10,21H,3,6H2,1-2H3,(H,19,20)/t10-/m0/s1. The van der Waals surface area contributed by atoms with Gasteiger partial charge in [0, 0.05) is 7.05 Å². The minimum absolute atomic E-state index is 0.145. The zero-order valence-corrected chi connectivity index (χ0v) is 13.6. The zero-order chi connectivity index (χ0) is 16.6. The average Bonchev–Trinajstić information content (AvgIpc) is 2.92. The van der Waals surface area contributed by atoms with Crippen LogP contribution < -0.4 is 4.65 Å². The van der Waals surface area contributed by atoms with Gasteiger partial charge in [0.05, 0.1) is 5.15 Å². The minimum Gasteiger partial charge on any atom is -0.535 e. The van der Waals surface area contributed by atoms with Crippen LogP contribution in [0.2, 0.25) is 0 Å². The highest BCUT2D eigenvalue weighted by Gasteiger charge is 2.38. The smallest absolute Gasteiger partial charge is 0.535 e. The Labute approximate surface area is 137 Å². The van der Waals surface area contributed by atoms with Gasteiger partial charge in [0.1, 0.15) is 17.6 Å². The molecular weight excluding hydrogens is 317 g/mol. The van der Waals surface area contributed by atoms with Crippen LogP contribution >= 0.6 is 11.8 Å². The molecule has 120 valence electrons. The van der Waals surface area contributed by atoms with Crippen molar-refractivity contribution >= 4 is 24.8 Å². The Morgan fingerprint density at radius 3 is 2.96 bits per heavy atom. The lowest BCUT2D eigenvalue weighted by Crippen LogP contribution is -2.41. The van der Waals surface area contributed by atoms with E-state index < -0.39 is 13.1 Å². The molecule has 3 rings (SSSR count). The van der Waals surface area contributed by atoms with Gasteiger partial charge in [0.2, 0.25) is 0 Å². The number of thioether (sulfide) groups is 1. The minimum atomic E-state index is -1.10. The summed E-state index contributed by atoms with van der Waals surface area (Å²) in [7, 11) is 0.719. The van der Waals surface area contributed by atoms with Crippen LogP contribution in [0.1, 0.15) is 28.4 Å². The summed E-state index contributed by atoms with van der Waals surface area (Å²) in [5.41, 5.74) is 1.62. The molecular formula is C14H16BN3O4S. The second-order valence-corrected chi connectivity index (χ2v) is 6.55. The molecule has 2 N–H and O–H groups in total. The van der Waals surface area contributed by atoms with Crippen molar-refractivity contribution in [3.63, 3.8) is 0 Å². The molecule has 23 heavy (non-hydrogen) atoms. The monoisotopic (exact) mass is 333 g/mol. The lowest BCUT2D eigenvalue weighted by molar-refractivity contribution is 0.0693. The summed E-state index contributed by atoms with van der Waals surface area (Å²) in [6, 6.07) is 3.68. The number of aryl methyl sites for hydroxylation is 2. The van der Waals surface area contributed by atoms with Crippen LogP contribution in [0.25, 0.3) is 0 Å². The van der Waals surface area contributed by atoms with Crippen LogP contribution in [-0.2, 0) is 19.9 Å². The van der Waals surface area contributed by atoms with Crippen molar-refractivity contribution in [3.8, 4) is 5.75 Å². The Kier molecular flexibility index (Phi) is 4.32. The lowest BCUT2D eigenvalue weighted by atomic mass is 9.77. The molecule has 0 spiro atoms. The molecule has 0 amide bonds. The first kappa shape index (κ1) is 15.9. The molecule has 1 aromatic heterocycles. The quantitative estimate of drug-likeness (QED) is 0.811. The van der Waals surface area contributed by atoms with Gasteiger partial charge in [0.15, 0.2) is 5.16 Å². The molecule has 0 saturated heterocycles. The molecule has 0 radical (unpaired) electrons. The van der Waals surface area contributed by atoms with E-state index in [4.69, 9.17) is 4.65 Å². The SMILES string of the molecule is CCc1ccc2c(c1C(=O)O)OB(O)[C@@H](Sc1nncn1C)C2. The third kappa shape index (κ3) is 2.94. The topological polar surface area (TPSA) is 97.5 Å². The van der Waals surface area contributed by atoms with Gasteiger partial charge in [-0.3, -0.25) is 0 Å². The Hall–Kier alpha value is -2.00. The number of hydrogen-bond acceptors (Lipinski definition) is 6. The number of carboxylic acids is 1. The number of carbonyl (C=O) groups is 1. The first-order chi connectivity index (χ1) is 11.0. The van der Waals surface area contributed by atoms with Crippen LogP contribution in [0.15, 0.2) is 23.6 Å². The predicted molar refractivity (Wildman–Crippen MR) is 85.7 cm³/mol. The normalized spacial score (nSPS) is 16.8. The van der Waals surface area contributed by atoms with Crippen LogP contribution in [-0.4, -0.2) is 43.1 Å². The molecule has 0 bridgehead atoms. The Morgan fingerprint density at radius 1 is 1.57 bits per heavy atom. The van der Waals surface area contributed by atoms with Gasteiger partial charge in [-0.15, -0.1) is 10.2 Å². The second-order valence-electron chi connectivity index (χ2n) is 5.34. The van der Waals surface area contributed by atoms with Crippen molar-refractivity contribution in [1.82, 2.24) is 14.8 Å². The van der Waals surface area contributed by atoms with E-state index >= 15 is 0 Å². The Morgan fingerprint density at radius 2 is 2.35 bits per heavy atom. The first-order valence-corrected chi connectivity index (χ1v) is 8.12. The Balaban J connectivity index is 1.93. The van der Waals surface area contributed by atoms with Gasteiger partial charge < -0.3 is 19.4 Å². The van der Waals surface area contributed by atoms with Crippen LogP contribution in [0, 0.1) is 0 Å². The van der Waals surface area contributed by atoms with Gasteiger partial charge in [-0.25, -0.2) is 4.79 Å². The molecule has 9 heteroatoms.